The summed E-state index contributed by atoms with van der Waals surface area (Å²) in [5, 5.41) is 32.8. The highest BCUT2D eigenvalue weighted by Gasteiger charge is 2.44. The maximum absolute atomic E-state index is 13.5. The highest BCUT2D eigenvalue weighted by Crippen LogP contribution is 2.39. The van der Waals surface area contributed by atoms with Gasteiger partial charge in [0.15, 0.2) is 17.5 Å². The molecule has 0 bridgehead atoms. The Labute approximate surface area is 204 Å². The zero-order chi connectivity index (χ0) is 26.1. The lowest BCUT2D eigenvalue weighted by Gasteiger charge is -2.42. The highest BCUT2D eigenvalue weighted by atomic mass is 35.5. The van der Waals surface area contributed by atoms with Crippen molar-refractivity contribution < 1.29 is 46.4 Å². The topological polar surface area (TPSA) is 108 Å². The minimum atomic E-state index is -4.66. The fourth-order valence-corrected chi connectivity index (χ4v) is 4.77. The van der Waals surface area contributed by atoms with Crippen molar-refractivity contribution >= 4 is 29.1 Å². The van der Waals surface area contributed by atoms with E-state index in [1.54, 1.807) is 0 Å². The average Bonchev–Trinajstić information content (AvgIpc) is 2.77. The van der Waals surface area contributed by atoms with Crippen LogP contribution in [0, 0.1) is 17.5 Å². The van der Waals surface area contributed by atoms with E-state index in [-0.39, 0.29) is 16.2 Å². The van der Waals surface area contributed by atoms with Crippen molar-refractivity contribution in [3.05, 3.63) is 70.1 Å². The van der Waals surface area contributed by atoms with Gasteiger partial charge in [0.1, 0.15) is 23.7 Å². The number of aliphatic hydroxyl groups is 3. The van der Waals surface area contributed by atoms with Crippen molar-refractivity contribution in [1.29, 1.82) is 0 Å². The molecule has 2 aromatic carbocycles. The van der Waals surface area contributed by atoms with Crippen LogP contribution < -0.4 is 11.1 Å². The molecule has 2 aromatic rings. The third kappa shape index (κ3) is 6.16. The van der Waals surface area contributed by atoms with Gasteiger partial charge < -0.3 is 31.1 Å². The first kappa shape index (κ1) is 27.4. The number of nitrogens with two attached hydrogens (primary N) is 1. The molecule has 1 fully saturated rings. The van der Waals surface area contributed by atoms with Gasteiger partial charge in [-0.15, -0.1) is 0 Å². The van der Waals surface area contributed by atoms with Gasteiger partial charge in [-0.1, -0.05) is 23.4 Å². The summed E-state index contributed by atoms with van der Waals surface area (Å²) in [6, 6.07) is 2.96. The monoisotopic (exact) mass is 544 g/mol. The summed E-state index contributed by atoms with van der Waals surface area (Å²) >= 11 is 6.51. The van der Waals surface area contributed by atoms with Crippen molar-refractivity contribution in [3.63, 3.8) is 0 Å². The SMILES string of the molecule is N/C(=C\NC1C(O)C(CO)OC(Sc2ccc(C(F)(F)F)c(Cl)c2)C1O)c1cc(F)c(F)c(F)c1. The van der Waals surface area contributed by atoms with Crippen LogP contribution in [0.2, 0.25) is 5.02 Å². The molecule has 0 radical (unpaired) electrons. The fraction of sp³-hybridized carbons (Fsp3) is 0.333. The van der Waals surface area contributed by atoms with Crippen LogP contribution in [0.5, 0.6) is 0 Å². The summed E-state index contributed by atoms with van der Waals surface area (Å²) in [7, 11) is 0. The van der Waals surface area contributed by atoms with Crippen molar-refractivity contribution in [3.8, 4) is 0 Å². The molecule has 1 aliphatic rings. The van der Waals surface area contributed by atoms with E-state index in [2.05, 4.69) is 5.32 Å². The Morgan fingerprint density at radius 3 is 2.29 bits per heavy atom. The van der Waals surface area contributed by atoms with Crippen LogP contribution in [0.25, 0.3) is 5.70 Å². The summed E-state index contributed by atoms with van der Waals surface area (Å²) in [5.74, 6) is -4.64. The molecule has 5 atom stereocenters. The number of ether oxygens (including phenoxy) is 1. The van der Waals surface area contributed by atoms with Crippen LogP contribution in [0.1, 0.15) is 11.1 Å². The molecule has 3 rings (SSSR count). The second-order valence-electron chi connectivity index (χ2n) is 7.51. The number of hydrogen-bond donors (Lipinski definition) is 5. The lowest BCUT2D eigenvalue weighted by Crippen LogP contribution is -2.62. The van der Waals surface area contributed by atoms with Crippen LogP contribution in [-0.2, 0) is 10.9 Å². The van der Waals surface area contributed by atoms with Gasteiger partial charge in [0.2, 0.25) is 0 Å². The summed E-state index contributed by atoms with van der Waals surface area (Å²) in [5.41, 5.74) is 3.04. The van der Waals surface area contributed by atoms with E-state index in [1.165, 1.54) is 0 Å². The van der Waals surface area contributed by atoms with Crippen LogP contribution in [0.4, 0.5) is 26.3 Å². The summed E-state index contributed by atoms with van der Waals surface area (Å²) < 4.78 is 84.4. The van der Waals surface area contributed by atoms with Crippen molar-refractivity contribution in [2.24, 2.45) is 5.73 Å². The molecule has 1 saturated heterocycles. The molecule has 1 heterocycles. The van der Waals surface area contributed by atoms with E-state index in [1.807, 2.05) is 0 Å². The molecular weight excluding hydrogens is 526 g/mol. The zero-order valence-corrected chi connectivity index (χ0v) is 19.0. The predicted octanol–water partition coefficient (Wildman–Crippen LogP) is 3.22. The Kier molecular flexibility index (Phi) is 8.50. The van der Waals surface area contributed by atoms with Gasteiger partial charge in [0, 0.05) is 16.7 Å². The minimum absolute atomic E-state index is 0.200. The van der Waals surface area contributed by atoms with Gasteiger partial charge in [-0.3, -0.25) is 0 Å². The van der Waals surface area contributed by atoms with Crippen LogP contribution in [0.3, 0.4) is 0 Å². The number of benzene rings is 2. The fourth-order valence-electron chi connectivity index (χ4n) is 3.31. The second-order valence-corrected chi connectivity index (χ2v) is 9.09. The number of nitrogens with one attached hydrogen (secondary N) is 1. The number of alkyl halides is 3. The maximum Gasteiger partial charge on any atom is 0.417 e. The first-order valence-corrected chi connectivity index (χ1v) is 11.1. The van der Waals surface area contributed by atoms with Crippen molar-refractivity contribution in [2.45, 2.75) is 40.9 Å². The third-order valence-corrected chi connectivity index (χ3v) is 6.59. The molecule has 1 aliphatic heterocycles. The largest absolute Gasteiger partial charge is 0.417 e. The molecule has 6 nitrogen and oxygen atoms in total. The molecule has 0 amide bonds. The first-order chi connectivity index (χ1) is 16.3. The standard InChI is InChI=1S/C21H19ClF6N2O4S/c22-11-5-9(1-2-10(11)21(26,27)28)35-20-19(33)17(18(32)15(7-31)34-20)30-6-14(29)8-3-12(23)16(25)13(24)4-8/h1-6,15,17-20,30-33H,7,29H2/b14-6-. The molecule has 14 heteroatoms. The summed E-state index contributed by atoms with van der Waals surface area (Å²) in [6.07, 6.45) is -7.86. The molecule has 5 unspecified atom stereocenters. The number of rotatable bonds is 6. The Morgan fingerprint density at radius 2 is 1.74 bits per heavy atom. The van der Waals surface area contributed by atoms with Gasteiger partial charge in [-0.25, -0.2) is 13.2 Å². The van der Waals surface area contributed by atoms with Gasteiger partial charge in [-0.05, 0) is 30.3 Å². The second kappa shape index (κ2) is 10.8. The number of hydrogen-bond acceptors (Lipinski definition) is 7. The molecule has 0 aromatic heterocycles. The van der Waals surface area contributed by atoms with Crippen LogP contribution >= 0.6 is 23.4 Å². The average molecular weight is 545 g/mol. The highest BCUT2D eigenvalue weighted by molar-refractivity contribution is 7.99. The van der Waals surface area contributed by atoms with Crippen molar-refractivity contribution in [2.75, 3.05) is 6.61 Å². The lowest BCUT2D eigenvalue weighted by atomic mass is 9.97. The van der Waals surface area contributed by atoms with E-state index in [4.69, 9.17) is 22.1 Å². The van der Waals surface area contributed by atoms with Gasteiger partial charge in [-0.2, -0.15) is 13.2 Å². The molecule has 0 saturated carbocycles. The lowest BCUT2D eigenvalue weighted by molar-refractivity contribution is -0.164. The molecule has 0 aliphatic carbocycles. The van der Waals surface area contributed by atoms with Gasteiger partial charge in [0.05, 0.1) is 28.9 Å². The molecule has 0 spiro atoms. The van der Waals surface area contributed by atoms with Crippen LogP contribution in [-0.4, -0.2) is 51.7 Å². The summed E-state index contributed by atoms with van der Waals surface area (Å²) in [6.45, 7) is -0.676. The Bertz CT molecular complexity index is 1080. The quantitative estimate of drug-likeness (QED) is 0.281. The Morgan fingerprint density at radius 1 is 1.11 bits per heavy atom. The minimum Gasteiger partial charge on any atom is -0.397 e. The Balaban J connectivity index is 1.81. The van der Waals surface area contributed by atoms with E-state index in [0.29, 0.717) is 12.1 Å². The number of halogens is 7. The molecule has 192 valence electrons. The smallest absolute Gasteiger partial charge is 0.397 e. The first-order valence-electron chi connectivity index (χ1n) is 9.86. The normalized spacial score (nSPS) is 25.5. The van der Waals surface area contributed by atoms with E-state index >= 15 is 0 Å². The number of aliphatic hydroxyl groups excluding tert-OH is 3. The van der Waals surface area contributed by atoms with E-state index in [9.17, 15) is 41.7 Å². The van der Waals surface area contributed by atoms with E-state index in [0.717, 1.165) is 36.2 Å². The van der Waals surface area contributed by atoms with Crippen molar-refractivity contribution in [1.82, 2.24) is 5.32 Å². The summed E-state index contributed by atoms with van der Waals surface area (Å²) in [4.78, 5) is 0.200. The molecular formula is C21H19ClF6N2O4S. The molecule has 6 N–H and O–H groups in total. The van der Waals surface area contributed by atoms with E-state index < -0.39 is 70.6 Å². The zero-order valence-electron chi connectivity index (χ0n) is 17.4. The Hall–Kier alpha value is -2.16. The molecule has 35 heavy (non-hydrogen) atoms. The van der Waals surface area contributed by atoms with Gasteiger partial charge in [0.25, 0.3) is 0 Å². The van der Waals surface area contributed by atoms with Crippen LogP contribution in [0.15, 0.2) is 41.4 Å². The predicted molar refractivity (Wildman–Crippen MR) is 115 cm³/mol. The number of thioether (sulfide) groups is 1. The maximum atomic E-state index is 13.5. The van der Waals surface area contributed by atoms with Gasteiger partial charge >= 0.3 is 6.18 Å². The third-order valence-electron chi connectivity index (χ3n) is 5.13.